The predicted molar refractivity (Wildman–Crippen MR) is 155 cm³/mol. The fourth-order valence-corrected chi connectivity index (χ4v) is 5.38. The number of ether oxygens (including phenoxy) is 3. The minimum absolute atomic E-state index is 0.174. The average Bonchev–Trinajstić information content (AvgIpc) is 3.56. The lowest BCUT2D eigenvalue weighted by molar-refractivity contribution is -0.137. The number of hydrogen-bond acceptors (Lipinski definition) is 7. The van der Waals surface area contributed by atoms with Gasteiger partial charge in [-0.2, -0.15) is 0 Å². The summed E-state index contributed by atoms with van der Waals surface area (Å²) in [5.41, 5.74) is 1.82. The van der Waals surface area contributed by atoms with Crippen LogP contribution in [0, 0.1) is 18.6 Å². The SMILES string of the molecule is COCCN1C[C@@H](NC(=O)Nc2c(C)c(OCC(=O)N3CCOCC3)nn2-c2ccccc2)[C@H](c2ccc(F)c(F)c2)C1. The molecular weight excluding hydrogens is 562 g/mol. The Bertz CT molecular complexity index is 1420. The summed E-state index contributed by atoms with van der Waals surface area (Å²) in [7, 11) is 1.61. The second kappa shape index (κ2) is 13.9. The quantitative estimate of drug-likeness (QED) is 0.369. The van der Waals surface area contributed by atoms with Gasteiger partial charge in [-0.05, 0) is 36.8 Å². The number of anilines is 1. The molecule has 3 aromatic rings. The number of halogens is 2. The molecule has 1 aromatic heterocycles. The molecule has 5 rings (SSSR count). The number of urea groups is 1. The second-order valence-corrected chi connectivity index (χ2v) is 10.5. The number of aromatic nitrogens is 2. The largest absolute Gasteiger partial charge is 0.466 e. The number of para-hydroxylation sites is 1. The fraction of sp³-hybridized carbons (Fsp3) is 0.433. The van der Waals surface area contributed by atoms with Gasteiger partial charge in [0.15, 0.2) is 18.2 Å². The molecule has 11 nitrogen and oxygen atoms in total. The first kappa shape index (κ1) is 30.4. The number of likely N-dealkylation sites (tertiary alicyclic amines) is 1. The molecule has 2 atom stereocenters. The molecule has 0 spiro atoms. The third kappa shape index (κ3) is 7.29. The zero-order chi connectivity index (χ0) is 30.3. The predicted octanol–water partition coefficient (Wildman–Crippen LogP) is 2.93. The van der Waals surface area contributed by atoms with E-state index in [4.69, 9.17) is 14.2 Å². The van der Waals surface area contributed by atoms with E-state index in [0.717, 1.165) is 6.07 Å². The Morgan fingerprint density at radius 3 is 2.56 bits per heavy atom. The highest BCUT2D eigenvalue weighted by Gasteiger charge is 2.35. The van der Waals surface area contributed by atoms with Crippen LogP contribution in [0.1, 0.15) is 17.0 Å². The van der Waals surface area contributed by atoms with Gasteiger partial charge in [0, 0.05) is 45.8 Å². The van der Waals surface area contributed by atoms with Crippen molar-refractivity contribution in [3.05, 3.63) is 71.3 Å². The number of nitrogens with zero attached hydrogens (tertiary/aromatic N) is 4. The maximum atomic E-state index is 14.1. The van der Waals surface area contributed by atoms with Gasteiger partial charge < -0.3 is 24.4 Å². The van der Waals surface area contributed by atoms with Gasteiger partial charge in [0.25, 0.3) is 5.91 Å². The Labute approximate surface area is 248 Å². The summed E-state index contributed by atoms with van der Waals surface area (Å²) in [6, 6.07) is 12.2. The average molecular weight is 599 g/mol. The van der Waals surface area contributed by atoms with Crippen molar-refractivity contribution in [2.75, 3.05) is 71.6 Å². The molecule has 2 N–H and O–H groups in total. The molecule has 0 radical (unpaired) electrons. The molecule has 3 heterocycles. The summed E-state index contributed by atoms with van der Waals surface area (Å²) in [5.74, 6) is -1.72. The normalized spacial score (nSPS) is 18.9. The number of hydrogen-bond donors (Lipinski definition) is 2. The zero-order valence-corrected chi connectivity index (χ0v) is 24.2. The van der Waals surface area contributed by atoms with Crippen molar-refractivity contribution in [3.8, 4) is 11.6 Å². The highest BCUT2D eigenvalue weighted by atomic mass is 19.2. The first-order chi connectivity index (χ1) is 20.8. The zero-order valence-electron chi connectivity index (χ0n) is 24.2. The van der Waals surface area contributed by atoms with Gasteiger partial charge in [-0.1, -0.05) is 24.3 Å². The van der Waals surface area contributed by atoms with E-state index in [2.05, 4.69) is 20.6 Å². The number of nitrogens with one attached hydrogen (secondary N) is 2. The van der Waals surface area contributed by atoms with Crippen LogP contribution in [0.15, 0.2) is 48.5 Å². The van der Waals surface area contributed by atoms with Crippen LogP contribution < -0.4 is 15.4 Å². The molecule has 43 heavy (non-hydrogen) atoms. The molecule has 3 amide bonds. The van der Waals surface area contributed by atoms with Crippen LogP contribution in [0.2, 0.25) is 0 Å². The Kier molecular flexibility index (Phi) is 9.85. The highest BCUT2D eigenvalue weighted by molar-refractivity contribution is 5.90. The summed E-state index contributed by atoms with van der Waals surface area (Å²) < 4.78 is 45.7. The van der Waals surface area contributed by atoms with E-state index in [1.54, 1.807) is 29.7 Å². The van der Waals surface area contributed by atoms with Crippen molar-refractivity contribution in [2.24, 2.45) is 0 Å². The number of carbonyl (C=O) groups excluding carboxylic acids is 2. The van der Waals surface area contributed by atoms with Gasteiger partial charge in [-0.3, -0.25) is 15.0 Å². The third-order valence-electron chi connectivity index (χ3n) is 7.70. The van der Waals surface area contributed by atoms with Crippen molar-refractivity contribution in [3.63, 3.8) is 0 Å². The van der Waals surface area contributed by atoms with Gasteiger partial charge in [0.05, 0.1) is 37.1 Å². The number of benzene rings is 2. The van der Waals surface area contributed by atoms with Crippen LogP contribution in [-0.4, -0.2) is 104 Å². The van der Waals surface area contributed by atoms with E-state index in [1.165, 1.54) is 6.07 Å². The Morgan fingerprint density at radius 2 is 1.84 bits per heavy atom. The standard InChI is InChI=1S/C30H36F2N6O5/c1-20-28(38(22-6-4-3-5-7-22)35-29(20)43-19-27(39)37-11-14-42-15-12-37)34-30(40)33-26-18-36(10-13-41-2)17-23(26)21-8-9-24(31)25(32)16-21/h3-9,16,23,26H,10-15,17-19H2,1-2H3,(H2,33,34,40)/t23-,26+/m0/s1. The van der Waals surface area contributed by atoms with Gasteiger partial charge in [-0.15, -0.1) is 5.10 Å². The molecule has 0 aliphatic carbocycles. The van der Waals surface area contributed by atoms with Crippen molar-refractivity contribution in [1.29, 1.82) is 0 Å². The van der Waals surface area contributed by atoms with Crippen molar-refractivity contribution in [1.82, 2.24) is 24.9 Å². The Hall–Kier alpha value is -4.07. The van der Waals surface area contributed by atoms with E-state index in [9.17, 15) is 18.4 Å². The van der Waals surface area contributed by atoms with Crippen LogP contribution in [-0.2, 0) is 14.3 Å². The molecule has 2 aliphatic rings. The summed E-state index contributed by atoms with van der Waals surface area (Å²) in [6.45, 7) is 5.68. The van der Waals surface area contributed by atoms with Gasteiger partial charge >= 0.3 is 6.03 Å². The summed E-state index contributed by atoms with van der Waals surface area (Å²) in [5, 5.41) is 10.5. The molecule has 2 fully saturated rings. The van der Waals surface area contributed by atoms with Crippen molar-refractivity contribution < 1.29 is 32.6 Å². The topological polar surface area (TPSA) is 110 Å². The first-order valence-corrected chi connectivity index (χ1v) is 14.2. The van der Waals surface area contributed by atoms with Crippen LogP contribution in [0.25, 0.3) is 5.69 Å². The lowest BCUT2D eigenvalue weighted by atomic mass is 9.94. The first-order valence-electron chi connectivity index (χ1n) is 14.2. The summed E-state index contributed by atoms with van der Waals surface area (Å²) in [6.07, 6.45) is 0. The molecular formula is C30H36F2N6O5. The van der Waals surface area contributed by atoms with Crippen LogP contribution in [0.4, 0.5) is 19.4 Å². The number of rotatable bonds is 10. The van der Waals surface area contributed by atoms with Crippen molar-refractivity contribution in [2.45, 2.75) is 18.9 Å². The fourth-order valence-electron chi connectivity index (χ4n) is 5.38. The molecule has 2 aromatic carbocycles. The number of morpholine rings is 1. The molecule has 0 unspecified atom stereocenters. The second-order valence-electron chi connectivity index (χ2n) is 10.5. The molecule has 0 bridgehead atoms. The maximum absolute atomic E-state index is 14.1. The van der Waals surface area contributed by atoms with E-state index < -0.39 is 23.7 Å². The van der Waals surface area contributed by atoms with E-state index >= 15 is 0 Å². The van der Waals surface area contributed by atoms with Gasteiger partial charge in [0.1, 0.15) is 5.82 Å². The monoisotopic (exact) mass is 598 g/mol. The maximum Gasteiger partial charge on any atom is 0.320 e. The summed E-state index contributed by atoms with van der Waals surface area (Å²) >= 11 is 0. The molecule has 2 aliphatic heterocycles. The third-order valence-corrected chi connectivity index (χ3v) is 7.70. The Morgan fingerprint density at radius 1 is 1.07 bits per heavy atom. The minimum atomic E-state index is -0.932. The van der Waals surface area contributed by atoms with Crippen molar-refractivity contribution >= 4 is 17.8 Å². The number of methoxy groups -OCH3 is 1. The molecule has 230 valence electrons. The highest BCUT2D eigenvalue weighted by Crippen LogP contribution is 2.31. The molecule has 0 saturated carbocycles. The van der Waals surface area contributed by atoms with Gasteiger partial charge in [0.2, 0.25) is 5.88 Å². The Balaban J connectivity index is 1.34. The number of carbonyl (C=O) groups is 2. The molecule has 13 heteroatoms. The molecule has 2 saturated heterocycles. The minimum Gasteiger partial charge on any atom is -0.466 e. The smallest absolute Gasteiger partial charge is 0.320 e. The van der Waals surface area contributed by atoms with Crippen LogP contribution >= 0.6 is 0 Å². The van der Waals surface area contributed by atoms with E-state index in [1.807, 2.05) is 30.3 Å². The van der Waals surface area contributed by atoms with E-state index in [0.29, 0.717) is 75.2 Å². The van der Waals surface area contributed by atoms with Gasteiger partial charge in [-0.25, -0.2) is 18.3 Å². The lowest BCUT2D eigenvalue weighted by Gasteiger charge is -2.26. The number of amides is 3. The van der Waals surface area contributed by atoms with E-state index in [-0.39, 0.29) is 24.3 Å². The van der Waals surface area contributed by atoms with Crippen LogP contribution in [0.5, 0.6) is 5.88 Å². The summed E-state index contributed by atoms with van der Waals surface area (Å²) in [4.78, 5) is 29.9. The lowest BCUT2D eigenvalue weighted by Crippen LogP contribution is -2.43. The van der Waals surface area contributed by atoms with Crippen LogP contribution in [0.3, 0.4) is 0 Å².